The van der Waals surface area contributed by atoms with Crippen LogP contribution in [0.15, 0.2) is 42.5 Å². The molecule has 2 nitrogen and oxygen atoms in total. The van der Waals surface area contributed by atoms with Crippen molar-refractivity contribution >= 4 is 27.2 Å². The van der Waals surface area contributed by atoms with Gasteiger partial charge < -0.3 is 5.32 Å². The molecule has 0 saturated heterocycles. The number of nitrogens with zero attached hydrogens (tertiary/aromatic N) is 1. The molecule has 0 aliphatic carbocycles. The van der Waals surface area contributed by atoms with Gasteiger partial charge in [0.05, 0.1) is 21.3 Å². The molecular formula is C17H17FN2S. The Hall–Kier alpha value is -1.94. The summed E-state index contributed by atoms with van der Waals surface area (Å²) in [6, 6.07) is 13.1. The van der Waals surface area contributed by atoms with Crippen LogP contribution >= 0.6 is 11.3 Å². The fourth-order valence-corrected chi connectivity index (χ4v) is 3.31. The van der Waals surface area contributed by atoms with Crippen molar-refractivity contribution in [1.29, 1.82) is 0 Å². The molecule has 3 rings (SSSR count). The fourth-order valence-electron chi connectivity index (χ4n) is 2.45. The van der Waals surface area contributed by atoms with Crippen LogP contribution in [0.2, 0.25) is 0 Å². The third-order valence-corrected chi connectivity index (χ3v) is 4.45. The van der Waals surface area contributed by atoms with Crippen LogP contribution in [0.5, 0.6) is 0 Å². The van der Waals surface area contributed by atoms with Crippen LogP contribution in [0.4, 0.5) is 10.1 Å². The summed E-state index contributed by atoms with van der Waals surface area (Å²) in [5.74, 6) is -0.199. The summed E-state index contributed by atoms with van der Waals surface area (Å²) >= 11 is 1.70. The number of anilines is 1. The molecule has 4 heteroatoms. The highest BCUT2D eigenvalue weighted by molar-refractivity contribution is 7.18. The normalized spacial score (nSPS) is 12.5. The van der Waals surface area contributed by atoms with Gasteiger partial charge in [-0.1, -0.05) is 19.1 Å². The number of fused-ring (bicyclic) bond motifs is 1. The topological polar surface area (TPSA) is 24.9 Å². The Labute approximate surface area is 127 Å². The molecule has 0 amide bonds. The fraction of sp³-hybridized carbons (Fsp3) is 0.235. The van der Waals surface area contributed by atoms with Crippen molar-refractivity contribution in [2.24, 2.45) is 0 Å². The van der Waals surface area contributed by atoms with Crippen molar-refractivity contribution in [3.63, 3.8) is 0 Å². The van der Waals surface area contributed by atoms with Crippen LogP contribution in [0.25, 0.3) is 10.2 Å². The third kappa shape index (κ3) is 3.05. The number of thiazole rings is 1. The maximum atomic E-state index is 13.0. The van der Waals surface area contributed by atoms with Crippen LogP contribution < -0.4 is 5.32 Å². The molecule has 1 heterocycles. The number of aryl methyl sites for hydroxylation is 1. The number of halogens is 1. The third-order valence-electron chi connectivity index (χ3n) is 3.52. The zero-order valence-corrected chi connectivity index (χ0v) is 12.9. The molecule has 0 aliphatic heterocycles. The van der Waals surface area contributed by atoms with E-state index < -0.39 is 0 Å². The zero-order valence-electron chi connectivity index (χ0n) is 12.1. The molecule has 1 aromatic heterocycles. The van der Waals surface area contributed by atoms with Crippen molar-refractivity contribution in [3.8, 4) is 0 Å². The Bertz CT molecular complexity index is 749. The minimum Gasteiger partial charge on any atom is -0.378 e. The van der Waals surface area contributed by atoms with Gasteiger partial charge in [0.25, 0.3) is 0 Å². The average Bonchev–Trinajstić information content (AvgIpc) is 2.85. The molecule has 1 atom stereocenters. The highest BCUT2D eigenvalue weighted by atomic mass is 32.1. The van der Waals surface area contributed by atoms with Crippen molar-refractivity contribution < 1.29 is 4.39 Å². The first kappa shape index (κ1) is 14.0. The number of hydrogen-bond donors (Lipinski definition) is 1. The number of hydrogen-bond acceptors (Lipinski definition) is 3. The lowest BCUT2D eigenvalue weighted by Gasteiger charge is -2.18. The Kier molecular flexibility index (Phi) is 3.88. The van der Waals surface area contributed by atoms with E-state index in [4.69, 9.17) is 0 Å². The smallest absolute Gasteiger partial charge is 0.123 e. The van der Waals surface area contributed by atoms with Gasteiger partial charge in [0, 0.05) is 5.69 Å². The van der Waals surface area contributed by atoms with Gasteiger partial charge in [-0.25, -0.2) is 9.37 Å². The van der Waals surface area contributed by atoms with Crippen molar-refractivity contribution in [2.45, 2.75) is 26.3 Å². The van der Waals surface area contributed by atoms with Gasteiger partial charge in [0.1, 0.15) is 5.82 Å². The first-order chi connectivity index (χ1) is 10.2. The summed E-state index contributed by atoms with van der Waals surface area (Å²) in [7, 11) is 0. The van der Waals surface area contributed by atoms with E-state index in [2.05, 4.69) is 23.3 Å². The highest BCUT2D eigenvalue weighted by Crippen LogP contribution is 2.28. The van der Waals surface area contributed by atoms with Crippen molar-refractivity contribution in [3.05, 3.63) is 58.9 Å². The second-order valence-electron chi connectivity index (χ2n) is 5.07. The van der Waals surface area contributed by atoms with Gasteiger partial charge in [-0.15, -0.1) is 11.3 Å². The summed E-state index contributed by atoms with van der Waals surface area (Å²) in [4.78, 5) is 4.47. The standard InChI is InChI=1S/C17H17FN2S/c1-3-15(12-4-6-13(18)7-5-12)20-14-8-9-16-17(10-14)21-11(2)19-16/h4-10,15,20H,3H2,1-2H3. The maximum absolute atomic E-state index is 13.0. The molecule has 0 spiro atoms. The van der Waals surface area contributed by atoms with Gasteiger partial charge in [-0.2, -0.15) is 0 Å². The minimum absolute atomic E-state index is 0.178. The van der Waals surface area contributed by atoms with Gasteiger partial charge in [0.2, 0.25) is 0 Å². The van der Waals surface area contributed by atoms with Gasteiger partial charge in [-0.3, -0.25) is 0 Å². The van der Waals surface area contributed by atoms with Gasteiger partial charge in [-0.05, 0) is 49.2 Å². The Morgan fingerprint density at radius 1 is 1.19 bits per heavy atom. The molecule has 0 bridgehead atoms. The Morgan fingerprint density at radius 3 is 2.67 bits per heavy atom. The number of nitrogens with one attached hydrogen (secondary N) is 1. The van der Waals surface area contributed by atoms with E-state index in [0.29, 0.717) is 0 Å². The molecule has 2 aromatic carbocycles. The van der Waals surface area contributed by atoms with E-state index in [1.165, 1.54) is 16.8 Å². The molecule has 21 heavy (non-hydrogen) atoms. The van der Waals surface area contributed by atoms with E-state index in [1.54, 1.807) is 11.3 Å². The number of aromatic nitrogens is 1. The lowest BCUT2D eigenvalue weighted by atomic mass is 10.0. The van der Waals surface area contributed by atoms with Crippen LogP contribution in [-0.2, 0) is 0 Å². The lowest BCUT2D eigenvalue weighted by molar-refractivity contribution is 0.625. The summed E-state index contributed by atoms with van der Waals surface area (Å²) in [6.45, 7) is 4.14. The van der Waals surface area contributed by atoms with Gasteiger partial charge >= 0.3 is 0 Å². The summed E-state index contributed by atoms with van der Waals surface area (Å²) in [6.07, 6.45) is 0.936. The predicted molar refractivity (Wildman–Crippen MR) is 87.4 cm³/mol. The molecule has 1 N–H and O–H groups in total. The van der Waals surface area contributed by atoms with Crippen molar-refractivity contribution in [1.82, 2.24) is 4.98 Å². The van der Waals surface area contributed by atoms with E-state index in [-0.39, 0.29) is 11.9 Å². The van der Waals surface area contributed by atoms with Crippen LogP contribution in [0.3, 0.4) is 0 Å². The number of benzene rings is 2. The van der Waals surface area contributed by atoms with E-state index >= 15 is 0 Å². The lowest BCUT2D eigenvalue weighted by Crippen LogP contribution is -2.09. The van der Waals surface area contributed by atoms with E-state index in [0.717, 1.165) is 28.2 Å². The molecule has 108 valence electrons. The summed E-state index contributed by atoms with van der Waals surface area (Å²) < 4.78 is 14.2. The number of rotatable bonds is 4. The SMILES string of the molecule is CCC(Nc1ccc2nc(C)sc2c1)c1ccc(F)cc1. The Balaban J connectivity index is 1.86. The molecule has 0 fully saturated rings. The quantitative estimate of drug-likeness (QED) is 0.706. The average molecular weight is 300 g/mol. The van der Waals surface area contributed by atoms with Crippen LogP contribution in [0, 0.1) is 12.7 Å². The summed E-state index contributed by atoms with van der Waals surface area (Å²) in [5, 5.41) is 4.60. The van der Waals surface area contributed by atoms with Crippen LogP contribution in [-0.4, -0.2) is 4.98 Å². The molecule has 3 aromatic rings. The highest BCUT2D eigenvalue weighted by Gasteiger charge is 2.10. The molecular weight excluding hydrogens is 283 g/mol. The van der Waals surface area contributed by atoms with E-state index in [1.807, 2.05) is 31.2 Å². The van der Waals surface area contributed by atoms with Gasteiger partial charge in [0.15, 0.2) is 0 Å². The second kappa shape index (κ2) is 5.82. The zero-order chi connectivity index (χ0) is 14.8. The molecule has 0 saturated carbocycles. The minimum atomic E-state index is -0.199. The first-order valence-electron chi connectivity index (χ1n) is 7.05. The summed E-state index contributed by atoms with van der Waals surface area (Å²) in [5.41, 5.74) is 3.21. The second-order valence-corrected chi connectivity index (χ2v) is 6.31. The first-order valence-corrected chi connectivity index (χ1v) is 7.86. The molecule has 0 aliphatic rings. The van der Waals surface area contributed by atoms with Crippen molar-refractivity contribution in [2.75, 3.05) is 5.32 Å². The molecule has 1 unspecified atom stereocenters. The largest absolute Gasteiger partial charge is 0.378 e. The van der Waals surface area contributed by atoms with Crippen LogP contribution in [0.1, 0.15) is 30.0 Å². The predicted octanol–water partition coefficient (Wildman–Crippen LogP) is 5.31. The molecule has 0 radical (unpaired) electrons. The monoisotopic (exact) mass is 300 g/mol. The Morgan fingerprint density at radius 2 is 1.95 bits per heavy atom. The maximum Gasteiger partial charge on any atom is 0.123 e. The van der Waals surface area contributed by atoms with E-state index in [9.17, 15) is 4.39 Å².